The molecule has 0 bridgehead atoms. The number of aromatic nitrogens is 5. The lowest BCUT2D eigenvalue weighted by Gasteiger charge is -2.36. The Morgan fingerprint density at radius 3 is 2.49 bits per heavy atom. The topological polar surface area (TPSA) is 145 Å². The average molecular weight is 498 g/mol. The van der Waals surface area contributed by atoms with Crippen LogP contribution in [0.4, 0.5) is 0 Å². The molecular weight excluding hydrogens is 474 g/mol. The molecule has 3 aromatic heterocycles. The molecule has 1 aliphatic rings. The Hall–Kier alpha value is -5.05. The van der Waals surface area contributed by atoms with Crippen molar-refractivity contribution in [2.75, 3.05) is 33.3 Å². The number of ketones is 1. The van der Waals surface area contributed by atoms with E-state index in [-0.39, 0.29) is 5.56 Å². The van der Waals surface area contributed by atoms with Gasteiger partial charge in [0.1, 0.15) is 23.7 Å². The second kappa shape index (κ2) is 9.90. The number of fused-ring (bicyclic) bond motifs is 1. The molecule has 1 fully saturated rings. The van der Waals surface area contributed by atoms with Gasteiger partial charge in [0.2, 0.25) is 6.19 Å². The van der Waals surface area contributed by atoms with Crippen molar-refractivity contribution in [3.05, 3.63) is 66.0 Å². The number of carbonyl (C=O) groups excluding carboxylic acids is 2. The summed E-state index contributed by atoms with van der Waals surface area (Å²) in [5.41, 5.74) is 1.51. The predicted molar refractivity (Wildman–Crippen MR) is 133 cm³/mol. The number of Topliss-reactive ketones (excluding diaryl/α,β-unsaturated/α-hetero) is 1. The molecule has 186 valence electrons. The first-order valence-corrected chi connectivity index (χ1v) is 11.5. The number of piperazine rings is 1. The summed E-state index contributed by atoms with van der Waals surface area (Å²) in [6.07, 6.45) is 6.36. The number of carbonyl (C=O) groups is 2. The molecule has 12 nitrogen and oxygen atoms in total. The van der Waals surface area contributed by atoms with Gasteiger partial charge in [-0.3, -0.25) is 9.59 Å². The number of H-pyrrole nitrogens is 1. The minimum atomic E-state index is -0.654. The number of ether oxygens (including phenoxy) is 1. The zero-order valence-electron chi connectivity index (χ0n) is 20.2. The van der Waals surface area contributed by atoms with Crippen LogP contribution in [0.5, 0.6) is 5.75 Å². The summed E-state index contributed by atoms with van der Waals surface area (Å²) >= 11 is 0. The van der Waals surface area contributed by atoms with Gasteiger partial charge in [-0.2, -0.15) is 15.4 Å². The number of methoxy groups -OCH3 is 1. The Kier molecular flexibility index (Phi) is 6.34. The molecule has 1 aliphatic heterocycles. The highest BCUT2D eigenvalue weighted by atomic mass is 16.5. The molecule has 1 N–H and O–H groups in total. The quantitative estimate of drug-likeness (QED) is 0.144. The van der Waals surface area contributed by atoms with Gasteiger partial charge in [0.05, 0.1) is 29.8 Å². The standard InChI is InChI=1S/C25H23N9O3/c1-16-30-15-34(31-16)24-21-20(19(37-2)13-28-24)18(12-27-21)22(35)25(36)33-10-8-32(9-11-33)23(29-14-26)17-6-4-3-5-7-17/h3-7,12-13,15,27H,8-11H2,1-2H3. The van der Waals surface area contributed by atoms with Gasteiger partial charge in [-0.1, -0.05) is 30.3 Å². The largest absolute Gasteiger partial charge is 0.494 e. The van der Waals surface area contributed by atoms with Gasteiger partial charge < -0.3 is 19.5 Å². The maximum atomic E-state index is 13.4. The first kappa shape index (κ1) is 23.7. The molecule has 37 heavy (non-hydrogen) atoms. The lowest BCUT2D eigenvalue weighted by molar-refractivity contribution is -0.127. The second-order valence-electron chi connectivity index (χ2n) is 8.35. The summed E-state index contributed by atoms with van der Waals surface area (Å²) in [4.78, 5) is 45.7. The normalized spacial score (nSPS) is 14.0. The molecule has 1 saturated heterocycles. The van der Waals surface area contributed by atoms with E-state index >= 15 is 0 Å². The number of aromatic amines is 1. The van der Waals surface area contributed by atoms with Gasteiger partial charge in [-0.15, -0.1) is 0 Å². The Morgan fingerprint density at radius 1 is 1.11 bits per heavy atom. The molecule has 0 unspecified atom stereocenters. The molecule has 1 aromatic carbocycles. The number of nitrogens with zero attached hydrogens (tertiary/aromatic N) is 8. The second-order valence-corrected chi connectivity index (χ2v) is 8.35. The molecule has 0 aliphatic carbocycles. The summed E-state index contributed by atoms with van der Waals surface area (Å²) in [5.74, 6) is 0.638. The number of amides is 1. The number of amidine groups is 1. The van der Waals surface area contributed by atoms with E-state index in [2.05, 4.69) is 25.0 Å². The number of aryl methyl sites for hydroxylation is 1. The van der Waals surface area contributed by atoms with E-state index in [1.54, 1.807) is 6.92 Å². The van der Waals surface area contributed by atoms with Crippen molar-refractivity contribution < 1.29 is 14.3 Å². The van der Waals surface area contributed by atoms with Crippen LogP contribution in [0, 0.1) is 18.4 Å². The van der Waals surface area contributed by atoms with Gasteiger partial charge >= 0.3 is 0 Å². The maximum absolute atomic E-state index is 13.4. The lowest BCUT2D eigenvalue weighted by atomic mass is 10.1. The number of nitrogens with one attached hydrogen (secondary N) is 1. The van der Waals surface area contributed by atoms with Crippen molar-refractivity contribution in [3.63, 3.8) is 0 Å². The van der Waals surface area contributed by atoms with E-state index in [1.165, 1.54) is 35.4 Å². The molecule has 1 amide bonds. The van der Waals surface area contributed by atoms with Crippen LogP contribution >= 0.6 is 0 Å². The van der Waals surface area contributed by atoms with Crippen LogP contribution in [0.1, 0.15) is 21.7 Å². The van der Waals surface area contributed by atoms with Crippen LogP contribution in [0.2, 0.25) is 0 Å². The first-order chi connectivity index (χ1) is 18.0. The molecule has 4 heterocycles. The summed E-state index contributed by atoms with van der Waals surface area (Å²) in [6, 6.07) is 9.40. The summed E-state index contributed by atoms with van der Waals surface area (Å²) in [7, 11) is 1.48. The fraction of sp³-hybridized carbons (Fsp3) is 0.240. The van der Waals surface area contributed by atoms with Crippen molar-refractivity contribution in [2.45, 2.75) is 6.92 Å². The Labute approximate surface area is 211 Å². The Balaban J connectivity index is 1.38. The highest BCUT2D eigenvalue weighted by Crippen LogP contribution is 2.31. The van der Waals surface area contributed by atoms with Crippen molar-refractivity contribution >= 4 is 28.4 Å². The maximum Gasteiger partial charge on any atom is 0.295 e. The molecule has 5 rings (SSSR count). The van der Waals surface area contributed by atoms with Crippen molar-refractivity contribution in [2.24, 2.45) is 4.99 Å². The molecule has 4 aromatic rings. The fourth-order valence-corrected chi connectivity index (χ4v) is 4.39. The van der Waals surface area contributed by atoms with E-state index in [4.69, 9.17) is 4.74 Å². The van der Waals surface area contributed by atoms with Crippen LogP contribution in [0.15, 0.2) is 54.0 Å². The number of nitriles is 1. The highest BCUT2D eigenvalue weighted by Gasteiger charge is 2.31. The SMILES string of the molecule is COc1cnc(-n2cnc(C)n2)c2[nH]cc(C(=O)C(=O)N3CCN(C(=NC#N)c4ccccc4)CC3)c12. The third-order valence-electron chi connectivity index (χ3n) is 6.19. The number of benzene rings is 1. The molecule has 12 heteroatoms. The first-order valence-electron chi connectivity index (χ1n) is 11.5. The monoisotopic (exact) mass is 497 g/mol. The van der Waals surface area contributed by atoms with Crippen LogP contribution in [-0.2, 0) is 4.79 Å². The molecule has 0 spiro atoms. The summed E-state index contributed by atoms with van der Waals surface area (Å²) in [6.45, 7) is 3.25. The number of hydrogen-bond acceptors (Lipinski definition) is 8. The Morgan fingerprint density at radius 2 is 1.84 bits per heavy atom. The molecule has 0 atom stereocenters. The zero-order valence-corrected chi connectivity index (χ0v) is 20.2. The van der Waals surface area contributed by atoms with Gasteiger partial charge in [-0.25, -0.2) is 14.6 Å². The third kappa shape index (κ3) is 4.38. The zero-order chi connectivity index (χ0) is 25.9. The summed E-state index contributed by atoms with van der Waals surface area (Å²) in [5, 5.41) is 13.9. The van der Waals surface area contributed by atoms with Crippen LogP contribution in [-0.4, -0.2) is 85.3 Å². The number of hydrogen-bond donors (Lipinski definition) is 1. The van der Waals surface area contributed by atoms with Crippen molar-refractivity contribution in [1.29, 1.82) is 5.26 Å². The van der Waals surface area contributed by atoms with Gasteiger partial charge in [0.15, 0.2) is 5.82 Å². The molecule has 0 radical (unpaired) electrons. The lowest BCUT2D eigenvalue weighted by Crippen LogP contribution is -2.52. The van der Waals surface area contributed by atoms with Gasteiger partial charge in [0.25, 0.3) is 11.7 Å². The summed E-state index contributed by atoms with van der Waals surface area (Å²) < 4.78 is 6.95. The van der Waals surface area contributed by atoms with Crippen LogP contribution in [0.3, 0.4) is 0 Å². The number of pyridine rings is 1. The highest BCUT2D eigenvalue weighted by molar-refractivity contribution is 6.45. The van der Waals surface area contributed by atoms with Gasteiger partial charge in [-0.05, 0) is 6.92 Å². The number of aliphatic imine (C=N–C) groups is 1. The van der Waals surface area contributed by atoms with E-state index < -0.39 is 11.7 Å². The van der Waals surface area contributed by atoms with E-state index in [9.17, 15) is 14.9 Å². The van der Waals surface area contributed by atoms with Crippen LogP contribution < -0.4 is 4.74 Å². The average Bonchev–Trinajstić information content (AvgIpc) is 3.58. The van der Waals surface area contributed by atoms with E-state index in [0.29, 0.717) is 60.3 Å². The smallest absolute Gasteiger partial charge is 0.295 e. The minimum Gasteiger partial charge on any atom is -0.494 e. The van der Waals surface area contributed by atoms with E-state index in [1.807, 2.05) is 41.4 Å². The minimum absolute atomic E-state index is 0.191. The fourth-order valence-electron chi connectivity index (χ4n) is 4.39. The van der Waals surface area contributed by atoms with E-state index in [0.717, 1.165) is 5.56 Å². The molecular formula is C25H23N9O3. The number of rotatable bonds is 5. The van der Waals surface area contributed by atoms with Crippen molar-refractivity contribution in [1.82, 2.24) is 34.5 Å². The van der Waals surface area contributed by atoms with Gasteiger partial charge in [0, 0.05) is 37.9 Å². The van der Waals surface area contributed by atoms with Crippen molar-refractivity contribution in [3.8, 4) is 17.8 Å². The third-order valence-corrected chi connectivity index (χ3v) is 6.19. The predicted octanol–water partition coefficient (Wildman–Crippen LogP) is 1.72. The molecule has 0 saturated carbocycles. The van der Waals surface area contributed by atoms with Crippen LogP contribution in [0.25, 0.3) is 16.7 Å². The Bertz CT molecular complexity index is 1540.